The van der Waals surface area contributed by atoms with E-state index in [9.17, 15) is 4.79 Å². The van der Waals surface area contributed by atoms with E-state index >= 15 is 0 Å². The molecule has 1 N–H and O–H groups in total. The van der Waals surface area contributed by atoms with E-state index in [1.54, 1.807) is 0 Å². The second kappa shape index (κ2) is 6.73. The van der Waals surface area contributed by atoms with Gasteiger partial charge in [0.05, 0.1) is 0 Å². The predicted molar refractivity (Wildman–Crippen MR) is 113 cm³/mol. The van der Waals surface area contributed by atoms with Crippen LogP contribution in [0.15, 0.2) is 64.8 Å². The van der Waals surface area contributed by atoms with Crippen molar-refractivity contribution in [1.29, 1.82) is 0 Å². The fourth-order valence-electron chi connectivity index (χ4n) is 5.62. The number of hydrogen-bond donors (Lipinski definition) is 1. The van der Waals surface area contributed by atoms with Crippen LogP contribution in [-0.4, -0.2) is 17.4 Å². The van der Waals surface area contributed by atoms with Crippen LogP contribution in [0.4, 0.5) is 0 Å². The van der Waals surface area contributed by atoms with Gasteiger partial charge in [-0.25, -0.2) is 4.98 Å². The van der Waals surface area contributed by atoms with Crippen molar-refractivity contribution in [3.05, 3.63) is 72.0 Å². The summed E-state index contributed by atoms with van der Waals surface area (Å²) in [5.41, 5.74) is 2.29. The summed E-state index contributed by atoms with van der Waals surface area (Å²) in [4.78, 5) is 16.9. The highest BCUT2D eigenvalue weighted by molar-refractivity contribution is 5.92. The number of rotatable bonds is 6. The Hall–Kier alpha value is -3.08. The molecule has 152 valence electrons. The zero-order valence-corrected chi connectivity index (χ0v) is 16.8. The average molecular weight is 400 g/mol. The van der Waals surface area contributed by atoms with Crippen molar-refractivity contribution in [3.8, 4) is 5.75 Å². The van der Waals surface area contributed by atoms with Gasteiger partial charge in [-0.15, -0.1) is 0 Å². The third-order valence-electron chi connectivity index (χ3n) is 7.23. The third kappa shape index (κ3) is 2.83. The number of aromatic nitrogens is 1. The van der Waals surface area contributed by atoms with Gasteiger partial charge in [-0.2, -0.15) is 0 Å². The van der Waals surface area contributed by atoms with E-state index in [1.807, 2.05) is 42.5 Å². The van der Waals surface area contributed by atoms with Crippen LogP contribution in [0, 0.1) is 17.3 Å². The normalized spacial score (nSPS) is 23.0. The maximum atomic E-state index is 12.5. The highest BCUT2D eigenvalue weighted by atomic mass is 16.5. The Kier molecular flexibility index (Phi) is 3.98. The number of nitrogens with zero attached hydrogens (tertiary/aromatic N) is 1. The number of nitrogens with one attached hydrogen (secondary N) is 1. The second-order valence-corrected chi connectivity index (χ2v) is 8.79. The Labute approximate surface area is 175 Å². The van der Waals surface area contributed by atoms with Crippen LogP contribution in [0.5, 0.6) is 5.75 Å². The molecule has 2 saturated carbocycles. The maximum Gasteiger partial charge on any atom is 0.273 e. The topological polar surface area (TPSA) is 64.4 Å². The minimum atomic E-state index is -0.191. The number of benzene rings is 2. The summed E-state index contributed by atoms with van der Waals surface area (Å²) in [5, 5.41) is 5.19. The van der Waals surface area contributed by atoms with Gasteiger partial charge in [-0.3, -0.25) is 4.79 Å². The summed E-state index contributed by atoms with van der Waals surface area (Å²) in [6.07, 6.45) is 9.17. The van der Waals surface area contributed by atoms with Crippen LogP contribution in [0.1, 0.15) is 42.1 Å². The summed E-state index contributed by atoms with van der Waals surface area (Å²) >= 11 is 0. The molecule has 3 aromatic rings. The van der Waals surface area contributed by atoms with Crippen LogP contribution in [0.3, 0.4) is 0 Å². The molecule has 5 nitrogen and oxygen atoms in total. The highest BCUT2D eigenvalue weighted by Crippen LogP contribution is 2.70. The SMILES string of the molecule is O=C(NCC1=CC2CCC1C21CC1)c1coc(COc2cccc3ccccc23)n1. The molecule has 2 atom stereocenters. The number of hydrogen-bond acceptors (Lipinski definition) is 4. The summed E-state index contributed by atoms with van der Waals surface area (Å²) in [7, 11) is 0. The van der Waals surface area contributed by atoms with Crippen molar-refractivity contribution in [2.45, 2.75) is 32.3 Å². The van der Waals surface area contributed by atoms with Crippen LogP contribution in [0.25, 0.3) is 10.8 Å². The number of oxazole rings is 1. The first-order chi connectivity index (χ1) is 14.7. The Balaban J connectivity index is 1.08. The summed E-state index contributed by atoms with van der Waals surface area (Å²) in [5.74, 6) is 2.41. The van der Waals surface area contributed by atoms with Crippen molar-refractivity contribution in [2.75, 3.05) is 6.54 Å². The predicted octanol–water partition coefficient (Wildman–Crippen LogP) is 4.88. The minimum Gasteiger partial charge on any atom is -0.483 e. The van der Waals surface area contributed by atoms with Gasteiger partial charge in [0.2, 0.25) is 5.89 Å². The van der Waals surface area contributed by atoms with Crippen molar-refractivity contribution >= 4 is 16.7 Å². The number of allylic oxidation sites excluding steroid dienone is 1. The molecule has 0 aliphatic heterocycles. The van der Waals surface area contributed by atoms with Gasteiger partial charge in [0.15, 0.2) is 12.3 Å². The first-order valence-corrected chi connectivity index (χ1v) is 10.8. The summed E-state index contributed by atoms with van der Waals surface area (Å²) in [6.45, 7) is 0.801. The molecule has 5 heteroatoms. The van der Waals surface area contributed by atoms with Gasteiger partial charge < -0.3 is 14.5 Å². The summed E-state index contributed by atoms with van der Waals surface area (Å²) < 4.78 is 11.4. The minimum absolute atomic E-state index is 0.179. The number of ether oxygens (including phenoxy) is 1. The monoisotopic (exact) mass is 400 g/mol. The molecule has 2 aromatic carbocycles. The largest absolute Gasteiger partial charge is 0.483 e. The zero-order chi connectivity index (χ0) is 20.1. The Bertz CT molecular complexity index is 1150. The lowest BCUT2D eigenvalue weighted by atomic mass is 9.90. The standard InChI is InChI=1S/C25H24N2O3/c28-24(26-13-17-12-18-8-9-20(17)25(18)10-11-25)21-14-30-23(27-21)15-29-22-7-3-5-16-4-1-2-6-19(16)22/h1-7,12,14,18,20H,8-11,13,15H2,(H,26,28). The molecule has 30 heavy (non-hydrogen) atoms. The van der Waals surface area contributed by atoms with Crippen LogP contribution >= 0.6 is 0 Å². The second-order valence-electron chi connectivity index (χ2n) is 8.79. The number of amides is 1. The van der Waals surface area contributed by atoms with Crippen molar-refractivity contribution in [1.82, 2.24) is 10.3 Å². The van der Waals surface area contributed by atoms with E-state index in [-0.39, 0.29) is 12.5 Å². The van der Waals surface area contributed by atoms with Crippen LogP contribution in [0.2, 0.25) is 0 Å². The summed E-state index contributed by atoms with van der Waals surface area (Å²) in [6, 6.07) is 14.0. The van der Waals surface area contributed by atoms with Crippen LogP contribution in [-0.2, 0) is 6.61 Å². The van der Waals surface area contributed by atoms with Crippen molar-refractivity contribution < 1.29 is 13.9 Å². The van der Waals surface area contributed by atoms with Gasteiger partial charge in [-0.1, -0.05) is 48.0 Å². The number of carbonyl (C=O) groups is 1. The van der Waals surface area contributed by atoms with Crippen molar-refractivity contribution in [3.63, 3.8) is 0 Å². The molecule has 2 bridgehead atoms. The van der Waals surface area contributed by atoms with E-state index in [2.05, 4.69) is 16.4 Å². The first-order valence-electron chi connectivity index (χ1n) is 10.8. The van der Waals surface area contributed by atoms with Gasteiger partial charge >= 0.3 is 0 Å². The Morgan fingerprint density at radius 1 is 1.17 bits per heavy atom. The highest BCUT2D eigenvalue weighted by Gasteiger charge is 2.61. The zero-order valence-electron chi connectivity index (χ0n) is 16.8. The van der Waals surface area contributed by atoms with Gasteiger partial charge in [-0.05, 0) is 54.4 Å². The lowest BCUT2D eigenvalue weighted by Gasteiger charge is -2.17. The quantitative estimate of drug-likeness (QED) is 0.599. The fraction of sp³-hybridized carbons (Fsp3) is 0.360. The van der Waals surface area contributed by atoms with Crippen LogP contribution < -0.4 is 10.1 Å². The molecular weight excluding hydrogens is 376 g/mol. The lowest BCUT2D eigenvalue weighted by Crippen LogP contribution is -2.28. The van der Waals surface area contributed by atoms with E-state index < -0.39 is 0 Å². The molecule has 1 heterocycles. The molecule has 1 spiro atoms. The molecule has 2 fully saturated rings. The number of fused-ring (bicyclic) bond motifs is 1. The van der Waals surface area contributed by atoms with Gasteiger partial charge in [0.25, 0.3) is 5.91 Å². The molecule has 2 unspecified atom stereocenters. The molecule has 0 saturated heterocycles. The fourth-order valence-corrected chi connectivity index (χ4v) is 5.62. The molecular formula is C25H24N2O3. The van der Waals surface area contributed by atoms with E-state index in [4.69, 9.17) is 9.15 Å². The van der Waals surface area contributed by atoms with E-state index in [1.165, 1.54) is 37.5 Å². The molecule has 1 amide bonds. The smallest absolute Gasteiger partial charge is 0.273 e. The number of carbonyl (C=O) groups excluding carboxylic acids is 1. The lowest BCUT2D eigenvalue weighted by molar-refractivity contribution is 0.0951. The third-order valence-corrected chi connectivity index (χ3v) is 7.23. The Morgan fingerprint density at radius 2 is 2.03 bits per heavy atom. The maximum absolute atomic E-state index is 12.5. The van der Waals surface area contributed by atoms with Crippen molar-refractivity contribution in [2.24, 2.45) is 17.3 Å². The van der Waals surface area contributed by atoms with Gasteiger partial charge in [0.1, 0.15) is 12.0 Å². The molecule has 6 rings (SSSR count). The average Bonchev–Trinajstić information content (AvgIpc) is 3.19. The molecule has 1 aromatic heterocycles. The molecule has 3 aliphatic rings. The molecule has 3 aliphatic carbocycles. The Morgan fingerprint density at radius 3 is 2.90 bits per heavy atom. The molecule has 0 radical (unpaired) electrons. The van der Waals surface area contributed by atoms with E-state index in [0.29, 0.717) is 29.5 Å². The van der Waals surface area contributed by atoms with E-state index in [0.717, 1.165) is 22.4 Å². The first kappa shape index (κ1) is 17.8. The van der Waals surface area contributed by atoms with Gasteiger partial charge in [0, 0.05) is 11.9 Å².